The van der Waals surface area contributed by atoms with Gasteiger partial charge < -0.3 is 0 Å². The molecule has 6 N–H and O–H groups in total. The number of hydrogen-bond acceptors (Lipinski definition) is 6. The fraction of sp³-hybridized carbons (Fsp3) is 0.385. The van der Waals surface area contributed by atoms with E-state index in [0.29, 0.717) is 11.5 Å². The van der Waals surface area contributed by atoms with E-state index < -0.39 is 36.4 Å². The first-order valence-electron chi connectivity index (χ1n) is 6.41. The quantitative estimate of drug-likeness (QED) is 0.422. The van der Waals surface area contributed by atoms with E-state index in [2.05, 4.69) is 0 Å². The van der Waals surface area contributed by atoms with Crippen molar-refractivity contribution in [2.45, 2.75) is 19.0 Å². The molecule has 1 rings (SSSR count). The molecule has 22 heavy (non-hydrogen) atoms. The summed E-state index contributed by atoms with van der Waals surface area (Å²) in [6.45, 7) is 1.99. The van der Waals surface area contributed by atoms with Gasteiger partial charge in [0.2, 0.25) is 0 Å². The summed E-state index contributed by atoms with van der Waals surface area (Å²) in [5, 5.41) is 17.8. The molecule has 0 bridgehead atoms. The van der Waals surface area contributed by atoms with Crippen LogP contribution in [0.2, 0.25) is 0 Å². The summed E-state index contributed by atoms with van der Waals surface area (Å²) < 4.78 is 1.17. The second kappa shape index (κ2) is 9.47. The van der Waals surface area contributed by atoms with Crippen LogP contribution in [0.5, 0.6) is 0 Å². The number of aryl methyl sites for hydroxylation is 1. The summed E-state index contributed by atoms with van der Waals surface area (Å²) in [4.78, 5) is 21.7. The number of rotatable bonds is 9. The van der Waals surface area contributed by atoms with Gasteiger partial charge in [0.05, 0.1) is 0 Å². The maximum atomic E-state index is 10.8. The first-order valence-corrected chi connectivity index (χ1v) is 13.8. The van der Waals surface area contributed by atoms with Crippen molar-refractivity contribution in [3.05, 3.63) is 29.8 Å². The number of benzene rings is 1. The summed E-state index contributed by atoms with van der Waals surface area (Å²) in [6.07, 6.45) is 0. The minimum absolute atomic E-state index is 0.305. The molecule has 2 unspecified atom stereocenters. The molecule has 0 aliphatic heterocycles. The van der Waals surface area contributed by atoms with Gasteiger partial charge in [0.15, 0.2) is 0 Å². The van der Waals surface area contributed by atoms with Crippen LogP contribution in [-0.4, -0.2) is 58.1 Å². The maximum absolute atomic E-state index is 10.8. The minimum atomic E-state index is -1.76. The van der Waals surface area contributed by atoms with Gasteiger partial charge in [0, 0.05) is 0 Å². The molecular formula is C13H19AsN2O4S2. The molecule has 0 spiro atoms. The number of nitrogens with two attached hydrogens (primary N) is 2. The predicted molar refractivity (Wildman–Crippen MR) is 92.7 cm³/mol. The fourth-order valence-electron chi connectivity index (χ4n) is 1.38. The number of hydrogen-bond donors (Lipinski definition) is 4. The van der Waals surface area contributed by atoms with Crippen LogP contribution in [-0.2, 0) is 9.59 Å². The Hall–Kier alpha value is -0.662. The van der Waals surface area contributed by atoms with Crippen molar-refractivity contribution in [1.82, 2.24) is 0 Å². The van der Waals surface area contributed by atoms with Gasteiger partial charge in [-0.3, -0.25) is 0 Å². The van der Waals surface area contributed by atoms with E-state index in [1.165, 1.54) is 24.4 Å². The van der Waals surface area contributed by atoms with Crippen LogP contribution in [0.3, 0.4) is 0 Å². The predicted octanol–water partition coefficient (Wildman–Crippen LogP) is -0.0196. The van der Waals surface area contributed by atoms with E-state index in [0.717, 1.165) is 5.56 Å². The zero-order valence-corrected chi connectivity index (χ0v) is 15.5. The molecule has 0 heterocycles. The average Bonchev–Trinajstić information content (AvgIpc) is 2.47. The molecule has 0 aromatic heterocycles. The first kappa shape index (κ1) is 19.4. The monoisotopic (exact) mass is 406 g/mol. The number of carbonyl (C=O) groups is 2. The van der Waals surface area contributed by atoms with Crippen molar-refractivity contribution >= 4 is 48.7 Å². The van der Waals surface area contributed by atoms with Gasteiger partial charge in [-0.05, 0) is 0 Å². The first-order chi connectivity index (χ1) is 10.3. The van der Waals surface area contributed by atoms with Gasteiger partial charge in [-0.1, -0.05) is 0 Å². The molecule has 1 aromatic rings. The second-order valence-electron chi connectivity index (χ2n) is 4.52. The van der Waals surface area contributed by atoms with E-state index in [4.69, 9.17) is 21.7 Å². The van der Waals surface area contributed by atoms with Gasteiger partial charge >= 0.3 is 140 Å². The number of aliphatic carboxylic acids is 2. The van der Waals surface area contributed by atoms with Crippen molar-refractivity contribution in [3.63, 3.8) is 0 Å². The Bertz CT molecular complexity index is 509. The summed E-state index contributed by atoms with van der Waals surface area (Å²) >= 11 is -1.76. The molecule has 122 valence electrons. The standard InChI is InChI=1S/C13H19AsN2O4S2/c1-8-4-2-3-5-9(8)14(21-6-10(15)12(17)18)22-7-11(16)13(19)20/h2-5,10-11H,6-7,15-16H2,1H3,(H,17,18)(H,19,20). The van der Waals surface area contributed by atoms with Gasteiger partial charge in [-0.25, -0.2) is 0 Å². The Kier molecular flexibility index (Phi) is 8.35. The Morgan fingerprint density at radius 2 is 1.55 bits per heavy atom. The van der Waals surface area contributed by atoms with Crippen molar-refractivity contribution in [1.29, 1.82) is 0 Å². The van der Waals surface area contributed by atoms with Gasteiger partial charge in [-0.2, -0.15) is 0 Å². The molecule has 0 radical (unpaired) electrons. The molecular weight excluding hydrogens is 387 g/mol. The van der Waals surface area contributed by atoms with E-state index in [9.17, 15) is 9.59 Å². The van der Waals surface area contributed by atoms with Gasteiger partial charge in [0.1, 0.15) is 0 Å². The third kappa shape index (κ3) is 6.22. The van der Waals surface area contributed by atoms with Crippen LogP contribution in [0.1, 0.15) is 5.56 Å². The molecule has 0 saturated heterocycles. The molecule has 0 aliphatic carbocycles. The van der Waals surface area contributed by atoms with Crippen LogP contribution >= 0.6 is 20.0 Å². The van der Waals surface area contributed by atoms with Crippen molar-refractivity contribution < 1.29 is 19.8 Å². The van der Waals surface area contributed by atoms with Crippen molar-refractivity contribution in [2.24, 2.45) is 11.5 Å². The summed E-state index contributed by atoms with van der Waals surface area (Å²) in [5.41, 5.74) is 12.2. The van der Waals surface area contributed by atoms with Crippen molar-refractivity contribution in [3.8, 4) is 0 Å². The molecule has 6 nitrogen and oxygen atoms in total. The van der Waals surface area contributed by atoms with Crippen LogP contribution < -0.4 is 15.8 Å². The Labute approximate surface area is 140 Å². The summed E-state index contributed by atoms with van der Waals surface area (Å²) in [6, 6.07) is 6.03. The zero-order chi connectivity index (χ0) is 16.7. The third-order valence-corrected chi connectivity index (χ3v) is 16.2. The molecule has 0 amide bonds. The number of carboxylic acid groups (broad SMARTS) is 2. The van der Waals surface area contributed by atoms with Crippen LogP contribution in [0.15, 0.2) is 24.3 Å². The van der Waals surface area contributed by atoms with E-state index in [1.807, 2.05) is 31.2 Å². The Balaban J connectivity index is 2.79. The number of carboxylic acids is 2. The normalized spacial score (nSPS) is 15.0. The van der Waals surface area contributed by atoms with Gasteiger partial charge in [-0.15, -0.1) is 0 Å². The van der Waals surface area contributed by atoms with E-state index in [1.54, 1.807) is 0 Å². The molecule has 2 atom stereocenters. The van der Waals surface area contributed by atoms with Crippen LogP contribution in [0.4, 0.5) is 0 Å². The summed E-state index contributed by atoms with van der Waals surface area (Å²) in [5.74, 6) is -1.45. The zero-order valence-electron chi connectivity index (χ0n) is 12.0. The SMILES string of the molecule is Cc1ccccc1[As](SCC(N)C(=O)O)SCC(N)C(=O)O. The third-order valence-electron chi connectivity index (χ3n) is 2.69. The van der Waals surface area contributed by atoms with Crippen molar-refractivity contribution in [2.75, 3.05) is 11.5 Å². The second-order valence-corrected chi connectivity index (χ2v) is 16.0. The molecule has 0 fully saturated rings. The topological polar surface area (TPSA) is 127 Å². The molecule has 0 aliphatic rings. The average molecular weight is 406 g/mol. The molecule has 1 aromatic carbocycles. The fourth-order valence-corrected chi connectivity index (χ4v) is 14.9. The molecule has 0 saturated carbocycles. The van der Waals surface area contributed by atoms with Gasteiger partial charge in [0.25, 0.3) is 0 Å². The Morgan fingerprint density at radius 3 is 1.95 bits per heavy atom. The van der Waals surface area contributed by atoms with E-state index in [-0.39, 0.29) is 0 Å². The summed E-state index contributed by atoms with van der Waals surface area (Å²) in [7, 11) is 3.07. The van der Waals surface area contributed by atoms with Crippen LogP contribution in [0, 0.1) is 6.92 Å². The Morgan fingerprint density at radius 1 is 1.09 bits per heavy atom. The van der Waals surface area contributed by atoms with E-state index >= 15 is 0 Å². The molecule has 9 heteroatoms. The van der Waals surface area contributed by atoms with Crippen LogP contribution in [0.25, 0.3) is 0 Å².